The number of ether oxygens (including phenoxy) is 2. The van der Waals surface area contributed by atoms with Gasteiger partial charge in [0, 0.05) is 30.3 Å². The Kier molecular flexibility index (Phi) is 10.4. The zero-order chi connectivity index (χ0) is 30.3. The smallest absolute Gasteiger partial charge is 0.307 e. The van der Waals surface area contributed by atoms with Crippen molar-refractivity contribution in [1.82, 2.24) is 4.31 Å². The monoisotopic (exact) mass is 615 g/mol. The highest BCUT2D eigenvalue weighted by Crippen LogP contribution is 2.40. The number of nitrogens with zero attached hydrogens (tertiary/aromatic N) is 1. The van der Waals surface area contributed by atoms with Gasteiger partial charge in [-0.05, 0) is 72.3 Å². The van der Waals surface area contributed by atoms with E-state index in [4.69, 9.17) is 9.47 Å². The molecule has 0 fully saturated rings. The van der Waals surface area contributed by atoms with E-state index in [-0.39, 0.29) is 17.8 Å². The molecule has 1 aliphatic heterocycles. The lowest BCUT2D eigenvalue weighted by Gasteiger charge is -2.25. The van der Waals surface area contributed by atoms with Crippen molar-refractivity contribution >= 4 is 35.0 Å². The summed E-state index contributed by atoms with van der Waals surface area (Å²) in [6.45, 7) is 7.91. The Labute approximate surface area is 261 Å². The zero-order valence-electron chi connectivity index (χ0n) is 24.7. The largest absolute Gasteiger partial charge is 0.488 e. The maximum absolute atomic E-state index is 12.2. The van der Waals surface area contributed by atoms with Crippen LogP contribution in [-0.2, 0) is 22.7 Å². The highest BCUT2D eigenvalue weighted by Gasteiger charge is 2.30. The van der Waals surface area contributed by atoms with E-state index in [1.807, 2.05) is 48.5 Å². The van der Waals surface area contributed by atoms with Gasteiger partial charge >= 0.3 is 5.97 Å². The number of carboxylic acid groups (broad SMARTS) is 1. The van der Waals surface area contributed by atoms with Crippen LogP contribution < -0.4 is 4.74 Å². The summed E-state index contributed by atoms with van der Waals surface area (Å²) >= 11 is 3.07. The van der Waals surface area contributed by atoms with Crippen LogP contribution in [0.15, 0.2) is 89.8 Å². The number of thiophene rings is 1. The van der Waals surface area contributed by atoms with Crippen molar-refractivity contribution < 1.29 is 24.2 Å². The summed E-state index contributed by atoms with van der Waals surface area (Å²) < 4.78 is 14.8. The molecule has 0 saturated carbocycles. The Balaban J connectivity index is 1.36. The molecule has 0 bridgehead atoms. The first kappa shape index (κ1) is 31.0. The lowest BCUT2D eigenvalue weighted by Crippen LogP contribution is -2.31. The summed E-state index contributed by atoms with van der Waals surface area (Å²) in [5.41, 5.74) is 4.37. The lowest BCUT2D eigenvalue weighted by molar-refractivity contribution is -0.141. The molecule has 43 heavy (non-hydrogen) atoms. The van der Waals surface area contributed by atoms with Gasteiger partial charge in [0.15, 0.2) is 5.78 Å². The van der Waals surface area contributed by atoms with Crippen molar-refractivity contribution in [2.24, 2.45) is 5.92 Å². The van der Waals surface area contributed by atoms with Crippen molar-refractivity contribution in [3.63, 3.8) is 0 Å². The number of fused-ring (bicyclic) bond motifs is 1. The fourth-order valence-electron chi connectivity index (χ4n) is 5.27. The Bertz CT molecular complexity index is 1550. The van der Waals surface area contributed by atoms with Crippen molar-refractivity contribution in [2.45, 2.75) is 57.3 Å². The van der Waals surface area contributed by atoms with Crippen LogP contribution in [0, 0.1) is 12.8 Å². The number of carboxylic acids is 1. The second kappa shape index (κ2) is 14.4. The minimum Gasteiger partial charge on any atom is -0.488 e. The molecule has 2 heterocycles. The number of carbonyl (C=O) groups is 2. The molecular weight excluding hydrogens is 579 g/mol. The van der Waals surface area contributed by atoms with Crippen LogP contribution in [0.2, 0.25) is 0 Å². The SMILES string of the molecule is CC(=O)c1ccc(C(c2ccc(C)c(CN3CC(CCOCc4ccccc4)Oc4ccccc4S3)c2)C(C)C(=O)O)s1. The van der Waals surface area contributed by atoms with Crippen molar-refractivity contribution in [3.05, 3.63) is 117 Å². The summed E-state index contributed by atoms with van der Waals surface area (Å²) in [7, 11) is 0. The highest BCUT2D eigenvalue weighted by molar-refractivity contribution is 7.97. The summed E-state index contributed by atoms with van der Waals surface area (Å²) in [5, 5.41) is 9.98. The van der Waals surface area contributed by atoms with E-state index in [2.05, 4.69) is 41.6 Å². The number of carbonyl (C=O) groups excluding carboxylic acids is 1. The van der Waals surface area contributed by atoms with Crippen molar-refractivity contribution in [1.29, 1.82) is 0 Å². The third-order valence-corrected chi connectivity index (χ3v) is 10.1. The first-order valence-electron chi connectivity index (χ1n) is 14.5. The molecule has 0 spiro atoms. The fourth-order valence-corrected chi connectivity index (χ4v) is 7.47. The summed E-state index contributed by atoms with van der Waals surface area (Å²) in [4.78, 5) is 26.8. The maximum Gasteiger partial charge on any atom is 0.307 e. The first-order chi connectivity index (χ1) is 20.8. The van der Waals surface area contributed by atoms with Crippen LogP contribution in [-0.4, -0.2) is 40.4 Å². The van der Waals surface area contributed by atoms with Crippen molar-refractivity contribution in [3.8, 4) is 5.75 Å². The van der Waals surface area contributed by atoms with Gasteiger partial charge in [-0.2, -0.15) is 0 Å². The predicted octanol–water partition coefficient (Wildman–Crippen LogP) is 7.99. The topological polar surface area (TPSA) is 76.1 Å². The Morgan fingerprint density at radius 2 is 1.81 bits per heavy atom. The van der Waals surface area contributed by atoms with E-state index in [1.165, 1.54) is 11.3 Å². The quantitative estimate of drug-likeness (QED) is 0.0984. The van der Waals surface area contributed by atoms with E-state index >= 15 is 0 Å². The number of aryl methyl sites for hydroxylation is 1. The molecule has 5 rings (SSSR count). The number of aliphatic carboxylic acids is 1. The molecule has 224 valence electrons. The Morgan fingerprint density at radius 1 is 1.05 bits per heavy atom. The molecule has 4 aromatic rings. The third-order valence-electron chi connectivity index (χ3n) is 7.72. The number of rotatable bonds is 12. The molecule has 0 amide bonds. The number of hydrogen-bond acceptors (Lipinski definition) is 7. The first-order valence-corrected chi connectivity index (χ1v) is 16.1. The predicted molar refractivity (Wildman–Crippen MR) is 172 cm³/mol. The standard InChI is InChI=1S/C35H37NO5S2/c1-23-13-14-27(34(24(2)35(38)39)33-16-15-31(42-33)25(3)37)19-28(23)20-36-21-29(41-30-11-7-8-12-32(30)43-36)17-18-40-22-26-9-5-4-6-10-26/h4-16,19,24,29,34H,17-18,20-22H2,1-3H3,(H,38,39). The average Bonchev–Trinajstić information content (AvgIpc) is 3.41. The molecule has 0 aliphatic carbocycles. The van der Waals surface area contributed by atoms with Gasteiger partial charge in [-0.3, -0.25) is 9.59 Å². The van der Waals surface area contributed by atoms with Crippen LogP contribution in [0.5, 0.6) is 5.75 Å². The van der Waals surface area contributed by atoms with Gasteiger partial charge in [-0.1, -0.05) is 67.6 Å². The van der Waals surface area contributed by atoms with Gasteiger partial charge in [-0.25, -0.2) is 4.31 Å². The number of ketones is 1. The van der Waals surface area contributed by atoms with Gasteiger partial charge in [0.1, 0.15) is 11.9 Å². The Hall–Kier alpha value is -3.43. The average molecular weight is 616 g/mol. The summed E-state index contributed by atoms with van der Waals surface area (Å²) in [6.07, 6.45) is 0.707. The minimum absolute atomic E-state index is 0.0109. The van der Waals surface area contributed by atoms with E-state index in [0.717, 1.165) is 44.2 Å². The van der Waals surface area contributed by atoms with Gasteiger partial charge in [0.2, 0.25) is 0 Å². The molecule has 8 heteroatoms. The van der Waals surface area contributed by atoms with E-state index in [0.29, 0.717) is 31.2 Å². The number of benzene rings is 3. The number of para-hydroxylation sites is 1. The van der Waals surface area contributed by atoms with E-state index in [1.54, 1.807) is 31.9 Å². The van der Waals surface area contributed by atoms with Crippen LogP contribution in [0.1, 0.15) is 63.0 Å². The molecule has 1 aliphatic rings. The molecule has 3 unspecified atom stereocenters. The second-order valence-corrected chi connectivity index (χ2v) is 13.2. The maximum atomic E-state index is 12.2. The van der Waals surface area contributed by atoms with Crippen LogP contribution in [0.25, 0.3) is 0 Å². The molecule has 3 atom stereocenters. The normalized spacial score (nSPS) is 16.5. The van der Waals surface area contributed by atoms with Gasteiger partial charge in [0.05, 0.1) is 28.9 Å². The van der Waals surface area contributed by atoms with Crippen molar-refractivity contribution in [2.75, 3.05) is 13.2 Å². The fraction of sp³-hybridized carbons (Fsp3) is 0.314. The molecule has 0 saturated heterocycles. The summed E-state index contributed by atoms with van der Waals surface area (Å²) in [5.74, 6) is -1.00. The van der Waals surface area contributed by atoms with Crippen LogP contribution >= 0.6 is 23.3 Å². The second-order valence-electron chi connectivity index (χ2n) is 11.0. The molecule has 3 aromatic carbocycles. The number of Topliss-reactive ketones (excluding diaryl/α,β-unsaturated/α-hetero) is 1. The highest BCUT2D eigenvalue weighted by atomic mass is 32.2. The van der Waals surface area contributed by atoms with Gasteiger partial charge in [0.25, 0.3) is 0 Å². The van der Waals surface area contributed by atoms with Crippen LogP contribution in [0.4, 0.5) is 0 Å². The van der Waals surface area contributed by atoms with E-state index in [9.17, 15) is 14.7 Å². The van der Waals surface area contributed by atoms with Gasteiger partial charge < -0.3 is 14.6 Å². The van der Waals surface area contributed by atoms with E-state index < -0.39 is 11.9 Å². The molecule has 1 N–H and O–H groups in total. The number of hydrogen-bond donors (Lipinski definition) is 1. The molecule has 0 radical (unpaired) electrons. The molecule has 6 nitrogen and oxygen atoms in total. The zero-order valence-corrected chi connectivity index (χ0v) is 26.3. The molecule has 1 aromatic heterocycles. The summed E-state index contributed by atoms with van der Waals surface area (Å²) in [6, 6.07) is 28.2. The minimum atomic E-state index is -0.862. The third kappa shape index (κ3) is 7.95. The lowest BCUT2D eigenvalue weighted by atomic mass is 9.84. The Morgan fingerprint density at radius 3 is 2.56 bits per heavy atom. The molecular formula is C35H37NO5S2. The van der Waals surface area contributed by atoms with Gasteiger partial charge in [-0.15, -0.1) is 11.3 Å². The van der Waals surface area contributed by atoms with Crippen LogP contribution in [0.3, 0.4) is 0 Å².